The monoisotopic (exact) mass is 360 g/mol. The summed E-state index contributed by atoms with van der Waals surface area (Å²) in [5, 5.41) is 12.6. The van der Waals surface area contributed by atoms with Crippen LogP contribution in [0.1, 0.15) is 70.7 Å². The van der Waals surface area contributed by atoms with E-state index < -0.39 is 5.97 Å². The molecule has 2 rings (SSSR count). The summed E-state index contributed by atoms with van der Waals surface area (Å²) in [4.78, 5) is 27.7. The number of thiazole rings is 1. The SMILES string of the molecule is Cc1nc(C(C)NC(=O)CCc2ccc(C(C)C)cc2)sc1C(=O)O. The molecule has 1 amide bonds. The molecule has 134 valence electrons. The van der Waals surface area contributed by atoms with Crippen LogP contribution in [0.25, 0.3) is 0 Å². The number of carbonyl (C=O) groups is 2. The first-order chi connectivity index (χ1) is 11.8. The fourth-order valence-electron chi connectivity index (χ4n) is 2.50. The Kier molecular flexibility index (Phi) is 6.31. The van der Waals surface area contributed by atoms with Crippen LogP contribution in [0.15, 0.2) is 24.3 Å². The van der Waals surface area contributed by atoms with Crippen molar-refractivity contribution in [3.05, 3.63) is 51.0 Å². The van der Waals surface area contributed by atoms with Crippen molar-refractivity contribution in [2.45, 2.75) is 52.5 Å². The smallest absolute Gasteiger partial charge is 0.347 e. The molecule has 0 aliphatic heterocycles. The standard InChI is InChI=1S/C19H24N2O3S/c1-11(2)15-8-5-14(6-9-15)7-10-16(22)20-13(4)18-21-12(3)17(25-18)19(23)24/h5-6,8-9,11,13H,7,10H2,1-4H3,(H,20,22)(H,23,24). The molecule has 1 unspecified atom stereocenters. The van der Waals surface area contributed by atoms with E-state index in [2.05, 4.69) is 48.4 Å². The number of aromatic carboxylic acids is 1. The van der Waals surface area contributed by atoms with Crippen LogP contribution in [0, 0.1) is 6.92 Å². The predicted molar refractivity (Wildman–Crippen MR) is 99.2 cm³/mol. The van der Waals surface area contributed by atoms with E-state index in [9.17, 15) is 9.59 Å². The number of amides is 1. The average molecular weight is 360 g/mol. The molecule has 25 heavy (non-hydrogen) atoms. The number of aryl methyl sites for hydroxylation is 2. The lowest BCUT2D eigenvalue weighted by Gasteiger charge is -2.11. The molecular formula is C19H24N2O3S. The Balaban J connectivity index is 1.89. The Bertz CT molecular complexity index is 751. The van der Waals surface area contributed by atoms with Crippen LogP contribution in [-0.4, -0.2) is 22.0 Å². The van der Waals surface area contributed by atoms with Gasteiger partial charge in [-0.1, -0.05) is 38.1 Å². The second-order valence-electron chi connectivity index (χ2n) is 6.46. The molecule has 1 aromatic heterocycles. The third kappa shape index (κ3) is 5.13. The highest BCUT2D eigenvalue weighted by molar-refractivity contribution is 7.13. The first-order valence-corrected chi connectivity index (χ1v) is 9.18. The molecule has 0 aliphatic rings. The molecule has 0 saturated heterocycles. The Morgan fingerprint density at radius 1 is 1.20 bits per heavy atom. The minimum atomic E-state index is -0.982. The normalized spacial score (nSPS) is 12.2. The molecule has 0 bridgehead atoms. The third-order valence-corrected chi connectivity index (χ3v) is 5.37. The largest absolute Gasteiger partial charge is 0.477 e. The minimum absolute atomic E-state index is 0.0647. The zero-order chi connectivity index (χ0) is 18.6. The maximum atomic E-state index is 12.2. The number of carboxylic acid groups (broad SMARTS) is 1. The Morgan fingerprint density at radius 2 is 1.84 bits per heavy atom. The fraction of sp³-hybridized carbons (Fsp3) is 0.421. The van der Waals surface area contributed by atoms with E-state index >= 15 is 0 Å². The van der Waals surface area contributed by atoms with Crippen molar-refractivity contribution in [1.29, 1.82) is 0 Å². The summed E-state index contributed by atoms with van der Waals surface area (Å²) in [5.74, 6) is -0.551. The van der Waals surface area contributed by atoms with Crippen molar-refractivity contribution in [1.82, 2.24) is 10.3 Å². The van der Waals surface area contributed by atoms with E-state index in [4.69, 9.17) is 5.11 Å². The molecule has 5 nitrogen and oxygen atoms in total. The highest BCUT2D eigenvalue weighted by atomic mass is 32.1. The van der Waals surface area contributed by atoms with E-state index in [1.807, 2.05) is 6.92 Å². The van der Waals surface area contributed by atoms with Gasteiger partial charge in [0, 0.05) is 6.42 Å². The van der Waals surface area contributed by atoms with Crippen molar-refractivity contribution in [2.24, 2.45) is 0 Å². The maximum absolute atomic E-state index is 12.2. The Labute approximate surface area is 152 Å². The van der Waals surface area contributed by atoms with E-state index in [-0.39, 0.29) is 16.8 Å². The van der Waals surface area contributed by atoms with Gasteiger partial charge in [-0.2, -0.15) is 0 Å². The highest BCUT2D eigenvalue weighted by Crippen LogP contribution is 2.23. The topological polar surface area (TPSA) is 79.3 Å². The van der Waals surface area contributed by atoms with Crippen molar-refractivity contribution >= 4 is 23.2 Å². The molecular weight excluding hydrogens is 336 g/mol. The van der Waals surface area contributed by atoms with Crippen molar-refractivity contribution in [3.8, 4) is 0 Å². The van der Waals surface area contributed by atoms with Crippen molar-refractivity contribution in [3.63, 3.8) is 0 Å². The van der Waals surface area contributed by atoms with Gasteiger partial charge >= 0.3 is 5.97 Å². The summed E-state index contributed by atoms with van der Waals surface area (Å²) in [5.41, 5.74) is 2.90. The molecule has 0 radical (unpaired) electrons. The van der Waals surface area contributed by atoms with Gasteiger partial charge in [0.25, 0.3) is 0 Å². The molecule has 6 heteroatoms. The molecule has 1 aromatic carbocycles. The van der Waals surface area contributed by atoms with Gasteiger partial charge in [0.05, 0.1) is 11.7 Å². The first kappa shape index (κ1) is 19.1. The van der Waals surface area contributed by atoms with Crippen molar-refractivity contribution in [2.75, 3.05) is 0 Å². The lowest BCUT2D eigenvalue weighted by molar-refractivity contribution is -0.121. The van der Waals surface area contributed by atoms with E-state index in [1.165, 1.54) is 5.56 Å². The van der Waals surface area contributed by atoms with Gasteiger partial charge in [-0.05, 0) is 37.3 Å². The van der Waals surface area contributed by atoms with Gasteiger partial charge in [-0.3, -0.25) is 4.79 Å². The van der Waals surface area contributed by atoms with Gasteiger partial charge in [-0.15, -0.1) is 11.3 Å². The molecule has 2 aromatic rings. The van der Waals surface area contributed by atoms with Crippen LogP contribution in [0.5, 0.6) is 0 Å². The zero-order valence-electron chi connectivity index (χ0n) is 15.0. The van der Waals surface area contributed by atoms with Gasteiger partial charge in [0.15, 0.2) is 0 Å². The van der Waals surface area contributed by atoms with E-state index in [1.54, 1.807) is 6.92 Å². The van der Waals surface area contributed by atoms with Crippen LogP contribution in [-0.2, 0) is 11.2 Å². The van der Waals surface area contributed by atoms with Crippen LogP contribution >= 0.6 is 11.3 Å². The quantitative estimate of drug-likeness (QED) is 0.780. The lowest BCUT2D eigenvalue weighted by atomic mass is 10.0. The number of hydrogen-bond donors (Lipinski definition) is 2. The predicted octanol–water partition coefficient (Wildman–Crippen LogP) is 4.08. The van der Waals surface area contributed by atoms with Crippen LogP contribution in [0.3, 0.4) is 0 Å². The summed E-state index contributed by atoms with van der Waals surface area (Å²) >= 11 is 1.11. The average Bonchev–Trinajstić information content (AvgIpc) is 2.95. The number of hydrogen-bond acceptors (Lipinski definition) is 4. The summed E-state index contributed by atoms with van der Waals surface area (Å²) in [6.45, 7) is 7.79. The van der Waals surface area contributed by atoms with Crippen LogP contribution < -0.4 is 5.32 Å². The molecule has 1 heterocycles. The number of carbonyl (C=O) groups excluding carboxylic acids is 1. The Hall–Kier alpha value is -2.21. The van der Waals surface area contributed by atoms with Gasteiger partial charge < -0.3 is 10.4 Å². The molecule has 0 aliphatic carbocycles. The molecule has 1 atom stereocenters. The number of rotatable bonds is 7. The number of carboxylic acids is 1. The van der Waals surface area contributed by atoms with Crippen molar-refractivity contribution < 1.29 is 14.7 Å². The maximum Gasteiger partial charge on any atom is 0.347 e. The van der Waals surface area contributed by atoms with Gasteiger partial charge in [0.2, 0.25) is 5.91 Å². The first-order valence-electron chi connectivity index (χ1n) is 8.36. The van der Waals surface area contributed by atoms with E-state index in [0.717, 1.165) is 16.9 Å². The minimum Gasteiger partial charge on any atom is -0.477 e. The molecule has 2 N–H and O–H groups in total. The molecule has 0 fully saturated rings. The summed E-state index contributed by atoms with van der Waals surface area (Å²) in [7, 11) is 0. The van der Waals surface area contributed by atoms with Crippen LogP contribution in [0.4, 0.5) is 0 Å². The highest BCUT2D eigenvalue weighted by Gasteiger charge is 2.19. The number of nitrogens with zero attached hydrogens (tertiary/aromatic N) is 1. The molecule has 0 spiro atoms. The summed E-state index contributed by atoms with van der Waals surface area (Å²) < 4.78 is 0. The Morgan fingerprint density at radius 3 is 2.36 bits per heavy atom. The summed E-state index contributed by atoms with van der Waals surface area (Å²) in [6, 6.07) is 8.04. The lowest BCUT2D eigenvalue weighted by Crippen LogP contribution is -2.26. The van der Waals surface area contributed by atoms with Gasteiger partial charge in [-0.25, -0.2) is 9.78 Å². The zero-order valence-corrected chi connectivity index (χ0v) is 15.8. The number of benzene rings is 1. The van der Waals surface area contributed by atoms with Crippen LogP contribution in [0.2, 0.25) is 0 Å². The second kappa shape index (κ2) is 8.25. The molecule has 0 saturated carbocycles. The number of aromatic nitrogens is 1. The van der Waals surface area contributed by atoms with Gasteiger partial charge in [0.1, 0.15) is 9.88 Å². The number of nitrogens with one attached hydrogen (secondary N) is 1. The summed E-state index contributed by atoms with van der Waals surface area (Å²) in [6.07, 6.45) is 1.07. The third-order valence-electron chi connectivity index (χ3n) is 4.04. The second-order valence-corrected chi connectivity index (χ2v) is 7.49. The van der Waals surface area contributed by atoms with E-state index in [0.29, 0.717) is 29.5 Å². The fourth-order valence-corrected chi connectivity index (χ4v) is 3.41.